The highest BCUT2D eigenvalue weighted by Gasteiger charge is 2.56. The molecule has 0 aliphatic heterocycles. The normalized spacial score (nSPS) is 33.8. The van der Waals surface area contributed by atoms with Gasteiger partial charge in [-0.3, -0.25) is 4.79 Å². The van der Waals surface area contributed by atoms with Crippen molar-refractivity contribution in [3.8, 4) is 5.75 Å². The third-order valence-corrected chi connectivity index (χ3v) is 7.76. The molecule has 0 radical (unpaired) electrons. The average molecular weight is 385 g/mol. The Labute approximate surface area is 170 Å². The molecule has 0 aromatic heterocycles. The fourth-order valence-electron chi connectivity index (χ4n) is 6.30. The summed E-state index contributed by atoms with van der Waals surface area (Å²) >= 11 is 0. The molecule has 1 aromatic rings. The second-order valence-electron chi connectivity index (χ2n) is 9.93. The van der Waals surface area contributed by atoms with Gasteiger partial charge in [0.2, 0.25) is 0 Å². The largest absolute Gasteiger partial charge is 0.493 e. The van der Waals surface area contributed by atoms with Gasteiger partial charge in [-0.05, 0) is 85.5 Å². The predicted octanol–water partition coefficient (Wildman–Crippen LogP) is 5.90. The topological polar surface area (TPSA) is 35.5 Å². The molecule has 0 N–H and O–H groups in total. The lowest BCUT2D eigenvalue weighted by molar-refractivity contribution is -0.157. The molecule has 2 fully saturated rings. The van der Waals surface area contributed by atoms with Crippen molar-refractivity contribution in [3.05, 3.63) is 29.3 Å². The lowest BCUT2D eigenvalue weighted by atomic mass is 9.55. The Hall–Kier alpha value is -1.51. The summed E-state index contributed by atoms with van der Waals surface area (Å²) in [4.78, 5) is 11.9. The molecule has 154 valence electrons. The molecule has 2 saturated carbocycles. The van der Waals surface area contributed by atoms with E-state index in [2.05, 4.69) is 39.0 Å². The first-order chi connectivity index (χ1) is 13.4. The predicted molar refractivity (Wildman–Crippen MR) is 112 cm³/mol. The highest BCUT2D eigenvalue weighted by Crippen LogP contribution is 2.61. The van der Waals surface area contributed by atoms with Crippen LogP contribution in [0.2, 0.25) is 0 Å². The number of aryl methyl sites for hydroxylation is 1. The van der Waals surface area contributed by atoms with Crippen LogP contribution in [0.15, 0.2) is 18.2 Å². The third-order valence-electron chi connectivity index (χ3n) is 7.76. The van der Waals surface area contributed by atoms with Gasteiger partial charge in [0.15, 0.2) is 0 Å². The van der Waals surface area contributed by atoms with E-state index in [4.69, 9.17) is 9.47 Å². The molecule has 1 aromatic carbocycles. The van der Waals surface area contributed by atoms with Crippen molar-refractivity contribution in [1.82, 2.24) is 0 Å². The van der Waals surface area contributed by atoms with Crippen LogP contribution in [-0.4, -0.2) is 18.7 Å². The standard InChI is InChI=1S/C25H36O3/c1-5-24(26)28-23-11-10-22-21-8-6-17-14-18(27-15-16(2)3)7-9-19(17)20(21)12-13-25(22,23)4/h7,9,14,16,20-23H,5-6,8,10-13,15H2,1-4H3/t20-,21-,22+,23+,25+/m1/s1. The SMILES string of the molecule is CCC(=O)O[C@H]1CC[C@H]2[C@@H]3CCc4cc(OCC(C)C)ccc4[C@H]3CC[C@]12C. The minimum Gasteiger partial charge on any atom is -0.493 e. The second-order valence-corrected chi connectivity index (χ2v) is 9.93. The van der Waals surface area contributed by atoms with E-state index in [0.717, 1.165) is 31.1 Å². The van der Waals surface area contributed by atoms with Crippen molar-refractivity contribution in [1.29, 1.82) is 0 Å². The summed E-state index contributed by atoms with van der Waals surface area (Å²) in [5.41, 5.74) is 3.23. The minimum atomic E-state index is -0.0306. The van der Waals surface area contributed by atoms with Gasteiger partial charge in [0.05, 0.1) is 6.61 Å². The fraction of sp³-hybridized carbons (Fsp3) is 0.720. The third kappa shape index (κ3) is 3.46. The summed E-state index contributed by atoms with van der Waals surface area (Å²) < 4.78 is 11.9. The van der Waals surface area contributed by atoms with E-state index in [9.17, 15) is 4.79 Å². The van der Waals surface area contributed by atoms with Crippen LogP contribution in [0.25, 0.3) is 0 Å². The van der Waals surface area contributed by atoms with Gasteiger partial charge in [-0.15, -0.1) is 0 Å². The van der Waals surface area contributed by atoms with Crippen LogP contribution < -0.4 is 4.74 Å². The number of hydrogen-bond donors (Lipinski definition) is 0. The van der Waals surface area contributed by atoms with Crippen LogP contribution in [0, 0.1) is 23.2 Å². The molecular weight excluding hydrogens is 348 g/mol. The molecule has 4 rings (SSSR count). The fourth-order valence-corrected chi connectivity index (χ4v) is 6.30. The summed E-state index contributed by atoms with van der Waals surface area (Å²) in [6, 6.07) is 6.81. The smallest absolute Gasteiger partial charge is 0.305 e. The van der Waals surface area contributed by atoms with Gasteiger partial charge in [-0.25, -0.2) is 0 Å². The molecule has 3 nitrogen and oxygen atoms in total. The number of ether oxygens (including phenoxy) is 2. The van der Waals surface area contributed by atoms with Crippen LogP contribution in [0.5, 0.6) is 5.75 Å². The molecule has 3 heteroatoms. The van der Waals surface area contributed by atoms with Crippen molar-refractivity contribution in [2.75, 3.05) is 6.61 Å². The number of carbonyl (C=O) groups excluding carboxylic acids is 1. The van der Waals surface area contributed by atoms with E-state index in [1.165, 1.54) is 31.2 Å². The summed E-state index contributed by atoms with van der Waals surface area (Å²) in [6.07, 6.45) is 7.68. The number of carbonyl (C=O) groups is 1. The monoisotopic (exact) mass is 384 g/mol. The first kappa shape index (κ1) is 19.8. The Morgan fingerprint density at radius 3 is 2.79 bits per heavy atom. The van der Waals surface area contributed by atoms with E-state index in [-0.39, 0.29) is 17.5 Å². The van der Waals surface area contributed by atoms with Crippen molar-refractivity contribution >= 4 is 5.97 Å². The number of fused-ring (bicyclic) bond motifs is 5. The Morgan fingerprint density at radius 2 is 2.04 bits per heavy atom. The van der Waals surface area contributed by atoms with Crippen LogP contribution in [0.3, 0.4) is 0 Å². The van der Waals surface area contributed by atoms with E-state index in [1.54, 1.807) is 5.56 Å². The number of esters is 1. The molecule has 3 aliphatic rings. The first-order valence-corrected chi connectivity index (χ1v) is 11.4. The van der Waals surface area contributed by atoms with Crippen LogP contribution in [-0.2, 0) is 16.0 Å². The van der Waals surface area contributed by atoms with E-state index in [0.29, 0.717) is 24.2 Å². The Bertz CT molecular complexity index is 725. The quantitative estimate of drug-likeness (QED) is 0.593. The Kier molecular flexibility index (Phi) is 5.46. The molecule has 3 aliphatic carbocycles. The lowest BCUT2D eigenvalue weighted by Crippen LogP contribution is -2.45. The molecule has 5 atom stereocenters. The minimum absolute atomic E-state index is 0.0306. The maximum absolute atomic E-state index is 11.9. The summed E-state index contributed by atoms with van der Waals surface area (Å²) in [5.74, 6) is 3.64. The van der Waals surface area contributed by atoms with Gasteiger partial charge in [-0.1, -0.05) is 33.8 Å². The van der Waals surface area contributed by atoms with Gasteiger partial charge >= 0.3 is 5.97 Å². The summed E-state index contributed by atoms with van der Waals surface area (Å²) in [7, 11) is 0. The second kappa shape index (κ2) is 7.72. The van der Waals surface area contributed by atoms with Crippen molar-refractivity contribution < 1.29 is 14.3 Å². The van der Waals surface area contributed by atoms with Gasteiger partial charge in [0, 0.05) is 11.8 Å². The van der Waals surface area contributed by atoms with Crippen molar-refractivity contribution in [2.24, 2.45) is 23.2 Å². The highest BCUT2D eigenvalue weighted by molar-refractivity contribution is 5.69. The maximum Gasteiger partial charge on any atom is 0.305 e. The summed E-state index contributed by atoms with van der Waals surface area (Å²) in [6.45, 7) is 9.45. The molecule has 0 heterocycles. The lowest BCUT2D eigenvalue weighted by Gasteiger charge is -2.50. The number of benzene rings is 1. The first-order valence-electron chi connectivity index (χ1n) is 11.4. The molecule has 0 saturated heterocycles. The zero-order valence-electron chi connectivity index (χ0n) is 18.0. The van der Waals surface area contributed by atoms with Gasteiger partial charge in [0.1, 0.15) is 11.9 Å². The van der Waals surface area contributed by atoms with Crippen molar-refractivity contribution in [2.45, 2.75) is 84.7 Å². The Morgan fingerprint density at radius 1 is 1.21 bits per heavy atom. The molecular formula is C25H36O3. The zero-order valence-corrected chi connectivity index (χ0v) is 18.0. The van der Waals surface area contributed by atoms with Crippen molar-refractivity contribution in [3.63, 3.8) is 0 Å². The van der Waals surface area contributed by atoms with Gasteiger partial charge < -0.3 is 9.47 Å². The van der Waals surface area contributed by atoms with Crippen LogP contribution >= 0.6 is 0 Å². The van der Waals surface area contributed by atoms with E-state index < -0.39 is 0 Å². The van der Waals surface area contributed by atoms with Gasteiger partial charge in [0.25, 0.3) is 0 Å². The molecule has 0 bridgehead atoms. The van der Waals surface area contributed by atoms with Gasteiger partial charge in [-0.2, -0.15) is 0 Å². The maximum atomic E-state index is 11.9. The molecule has 0 amide bonds. The molecule has 0 unspecified atom stereocenters. The van der Waals surface area contributed by atoms with E-state index in [1.807, 2.05) is 6.92 Å². The highest BCUT2D eigenvalue weighted by atomic mass is 16.5. The summed E-state index contributed by atoms with van der Waals surface area (Å²) in [5, 5.41) is 0. The van der Waals surface area contributed by atoms with Crippen LogP contribution in [0.4, 0.5) is 0 Å². The average Bonchev–Trinajstić information content (AvgIpc) is 3.02. The molecule has 28 heavy (non-hydrogen) atoms. The Balaban J connectivity index is 1.51. The zero-order chi connectivity index (χ0) is 19.9. The number of rotatable bonds is 5. The molecule has 0 spiro atoms. The van der Waals surface area contributed by atoms with Crippen LogP contribution in [0.1, 0.15) is 83.3 Å². The van der Waals surface area contributed by atoms with E-state index >= 15 is 0 Å². The number of hydrogen-bond acceptors (Lipinski definition) is 3.